The molecule has 0 saturated carbocycles. The first-order valence-corrected chi connectivity index (χ1v) is 8.80. The Bertz CT molecular complexity index is 770. The fourth-order valence-electron chi connectivity index (χ4n) is 3.10. The fraction of sp³-hybridized carbons (Fsp3) is 0.389. The van der Waals surface area contributed by atoms with Crippen LogP contribution in [0, 0.1) is 25.6 Å². The number of amides is 1. The van der Waals surface area contributed by atoms with Crippen molar-refractivity contribution in [2.75, 3.05) is 13.1 Å². The lowest BCUT2D eigenvalue weighted by Gasteiger charge is -2.31. The number of benzene rings is 1. The molecule has 126 valence electrons. The van der Waals surface area contributed by atoms with Gasteiger partial charge in [0.05, 0.1) is 10.7 Å². The molecule has 24 heavy (non-hydrogen) atoms. The number of hydrogen-bond acceptors (Lipinski definition) is 4. The maximum Gasteiger partial charge on any atom is 0.265 e. The Kier molecular flexibility index (Phi) is 4.76. The molecule has 1 fully saturated rings. The summed E-state index contributed by atoms with van der Waals surface area (Å²) in [6.07, 6.45) is 1.54. The molecule has 1 unspecified atom stereocenters. The van der Waals surface area contributed by atoms with Crippen LogP contribution in [0.25, 0.3) is 0 Å². The van der Waals surface area contributed by atoms with Gasteiger partial charge in [0, 0.05) is 24.6 Å². The number of carbonyl (C=O) groups excluding carboxylic acids is 2. The minimum atomic E-state index is -0.358. The van der Waals surface area contributed by atoms with Gasteiger partial charge in [0.25, 0.3) is 5.91 Å². The summed E-state index contributed by atoms with van der Waals surface area (Å²) in [6.45, 7) is 4.78. The summed E-state index contributed by atoms with van der Waals surface area (Å²) in [5.74, 6) is -0.662. The summed E-state index contributed by atoms with van der Waals surface area (Å²) in [5.41, 5.74) is 1.25. The van der Waals surface area contributed by atoms with E-state index in [0.717, 1.165) is 23.5 Å². The molecule has 0 aliphatic carbocycles. The lowest BCUT2D eigenvalue weighted by molar-refractivity contribution is 0.0640. The van der Waals surface area contributed by atoms with E-state index >= 15 is 0 Å². The van der Waals surface area contributed by atoms with Crippen molar-refractivity contribution in [3.63, 3.8) is 0 Å². The molecular formula is C18H19FN2O2S. The van der Waals surface area contributed by atoms with Gasteiger partial charge in [-0.15, -0.1) is 11.3 Å². The highest BCUT2D eigenvalue weighted by atomic mass is 32.1. The molecule has 1 amide bonds. The average Bonchev–Trinajstić information content (AvgIpc) is 2.92. The standard InChI is InChI=1S/C18H19FN2O2S/c1-11-17(24-12(2)20-11)18(23)21-9-3-4-14(10-21)16(22)13-5-7-15(19)8-6-13/h5-8,14H,3-4,9-10H2,1-2H3. The van der Waals surface area contributed by atoms with Crippen LogP contribution in [-0.2, 0) is 0 Å². The number of ketones is 1. The first-order valence-electron chi connectivity index (χ1n) is 7.99. The van der Waals surface area contributed by atoms with Crippen molar-refractivity contribution < 1.29 is 14.0 Å². The zero-order valence-corrected chi connectivity index (χ0v) is 14.5. The highest BCUT2D eigenvalue weighted by Crippen LogP contribution is 2.25. The molecule has 1 saturated heterocycles. The Morgan fingerprint density at radius 3 is 2.58 bits per heavy atom. The number of rotatable bonds is 3. The molecule has 0 radical (unpaired) electrons. The zero-order chi connectivity index (χ0) is 17.3. The molecule has 1 aliphatic rings. The minimum Gasteiger partial charge on any atom is -0.337 e. The summed E-state index contributed by atoms with van der Waals surface area (Å²) in [4.78, 5) is 32.0. The van der Waals surface area contributed by atoms with Crippen molar-refractivity contribution in [1.29, 1.82) is 0 Å². The maximum atomic E-state index is 13.0. The van der Waals surface area contributed by atoms with Crippen molar-refractivity contribution in [2.24, 2.45) is 5.92 Å². The van der Waals surface area contributed by atoms with Crippen molar-refractivity contribution in [3.05, 3.63) is 51.2 Å². The summed E-state index contributed by atoms with van der Waals surface area (Å²) < 4.78 is 13.0. The highest BCUT2D eigenvalue weighted by Gasteiger charge is 2.30. The number of thiazole rings is 1. The van der Waals surface area contributed by atoms with Gasteiger partial charge in [-0.25, -0.2) is 9.37 Å². The van der Waals surface area contributed by atoms with Crippen molar-refractivity contribution >= 4 is 23.0 Å². The monoisotopic (exact) mass is 346 g/mol. The average molecular weight is 346 g/mol. The normalized spacial score (nSPS) is 17.8. The number of nitrogens with zero attached hydrogens (tertiary/aromatic N) is 2. The van der Waals surface area contributed by atoms with Gasteiger partial charge in [0.1, 0.15) is 10.7 Å². The van der Waals surface area contributed by atoms with E-state index in [1.54, 1.807) is 4.90 Å². The molecule has 1 aromatic carbocycles. The zero-order valence-electron chi connectivity index (χ0n) is 13.7. The predicted octanol–water partition coefficient (Wildman–Crippen LogP) is 3.63. The smallest absolute Gasteiger partial charge is 0.265 e. The maximum absolute atomic E-state index is 13.0. The molecule has 6 heteroatoms. The molecule has 0 N–H and O–H groups in total. The minimum absolute atomic E-state index is 0.0234. The third-order valence-electron chi connectivity index (χ3n) is 4.31. The molecule has 4 nitrogen and oxygen atoms in total. The quantitative estimate of drug-likeness (QED) is 0.798. The lowest BCUT2D eigenvalue weighted by atomic mass is 9.90. The number of piperidine rings is 1. The highest BCUT2D eigenvalue weighted by molar-refractivity contribution is 7.13. The van der Waals surface area contributed by atoms with E-state index in [-0.39, 0.29) is 23.4 Å². The number of likely N-dealkylation sites (tertiary alicyclic amines) is 1. The van der Waals surface area contributed by atoms with Crippen LogP contribution in [0.2, 0.25) is 0 Å². The Balaban J connectivity index is 1.74. The topological polar surface area (TPSA) is 50.3 Å². The van der Waals surface area contributed by atoms with Gasteiger partial charge < -0.3 is 4.90 Å². The van der Waals surface area contributed by atoms with Gasteiger partial charge in [0.15, 0.2) is 5.78 Å². The number of hydrogen-bond donors (Lipinski definition) is 0. The van der Waals surface area contributed by atoms with Crippen LogP contribution in [0.3, 0.4) is 0 Å². The number of Topliss-reactive ketones (excluding diaryl/α,β-unsaturated/α-hetero) is 1. The predicted molar refractivity (Wildman–Crippen MR) is 90.9 cm³/mol. The lowest BCUT2D eigenvalue weighted by Crippen LogP contribution is -2.42. The molecule has 0 spiro atoms. The summed E-state index contributed by atoms with van der Waals surface area (Å²) >= 11 is 1.39. The second kappa shape index (κ2) is 6.81. The van der Waals surface area contributed by atoms with E-state index < -0.39 is 0 Å². The number of aromatic nitrogens is 1. The third kappa shape index (κ3) is 3.38. The molecule has 0 bridgehead atoms. The van der Waals surface area contributed by atoms with Crippen LogP contribution in [0.1, 0.15) is 43.6 Å². The van der Waals surface area contributed by atoms with Gasteiger partial charge in [-0.3, -0.25) is 9.59 Å². The molecule has 1 aromatic heterocycles. The Labute approximate surface area is 144 Å². The Hall–Kier alpha value is -2.08. The SMILES string of the molecule is Cc1nc(C)c(C(=O)N2CCCC(C(=O)c3ccc(F)cc3)C2)s1. The van der Waals surface area contributed by atoms with Gasteiger partial charge >= 0.3 is 0 Å². The van der Waals surface area contributed by atoms with E-state index in [1.807, 2.05) is 13.8 Å². The summed E-state index contributed by atoms with van der Waals surface area (Å²) in [5, 5.41) is 0.867. The van der Waals surface area contributed by atoms with Crippen molar-refractivity contribution in [3.8, 4) is 0 Å². The second-order valence-electron chi connectivity index (χ2n) is 6.11. The largest absolute Gasteiger partial charge is 0.337 e. The molecular weight excluding hydrogens is 327 g/mol. The van der Waals surface area contributed by atoms with Gasteiger partial charge in [0.2, 0.25) is 0 Å². The molecule has 1 atom stereocenters. The van der Waals surface area contributed by atoms with Crippen LogP contribution in [0.15, 0.2) is 24.3 Å². The van der Waals surface area contributed by atoms with E-state index in [4.69, 9.17) is 0 Å². The van der Waals surface area contributed by atoms with Crippen molar-refractivity contribution in [1.82, 2.24) is 9.88 Å². The van der Waals surface area contributed by atoms with Crippen LogP contribution in [-0.4, -0.2) is 34.7 Å². The van der Waals surface area contributed by atoms with Crippen molar-refractivity contribution in [2.45, 2.75) is 26.7 Å². The van der Waals surface area contributed by atoms with Crippen LogP contribution in [0.5, 0.6) is 0 Å². The van der Waals surface area contributed by atoms with E-state index in [1.165, 1.54) is 35.6 Å². The number of aryl methyl sites for hydroxylation is 2. The molecule has 3 rings (SSSR count). The Morgan fingerprint density at radius 2 is 1.96 bits per heavy atom. The summed E-state index contributed by atoms with van der Waals surface area (Å²) in [6, 6.07) is 5.61. The van der Waals surface area contributed by atoms with Crippen LogP contribution >= 0.6 is 11.3 Å². The van der Waals surface area contributed by atoms with Gasteiger partial charge in [-0.2, -0.15) is 0 Å². The molecule has 2 heterocycles. The van der Waals surface area contributed by atoms with E-state index in [0.29, 0.717) is 23.5 Å². The van der Waals surface area contributed by atoms with Gasteiger partial charge in [-0.1, -0.05) is 0 Å². The first kappa shape index (κ1) is 16.8. The van der Waals surface area contributed by atoms with E-state index in [2.05, 4.69) is 4.98 Å². The number of carbonyl (C=O) groups is 2. The Morgan fingerprint density at radius 1 is 1.25 bits per heavy atom. The fourth-order valence-corrected chi connectivity index (χ4v) is 3.99. The van der Waals surface area contributed by atoms with E-state index in [9.17, 15) is 14.0 Å². The number of halogens is 1. The van der Waals surface area contributed by atoms with Gasteiger partial charge in [-0.05, 0) is 51.0 Å². The summed E-state index contributed by atoms with van der Waals surface area (Å²) in [7, 11) is 0. The van der Waals surface area contributed by atoms with Crippen LogP contribution in [0.4, 0.5) is 4.39 Å². The first-order chi connectivity index (χ1) is 11.5. The second-order valence-corrected chi connectivity index (χ2v) is 7.31. The molecule has 1 aliphatic heterocycles. The third-order valence-corrected chi connectivity index (χ3v) is 5.37. The molecule has 2 aromatic rings. The van der Waals surface area contributed by atoms with Crippen LogP contribution < -0.4 is 0 Å².